The first-order valence-corrected chi connectivity index (χ1v) is 4.04. The summed E-state index contributed by atoms with van der Waals surface area (Å²) in [6, 6.07) is 0. The van der Waals surface area contributed by atoms with E-state index in [0.717, 1.165) is 11.3 Å². The lowest BCUT2D eigenvalue weighted by atomic mass is 10.2. The molecule has 2 heterocycles. The van der Waals surface area contributed by atoms with Crippen molar-refractivity contribution < 1.29 is 0 Å². The SMILES string of the molecule is SC1=C2C=CC=CN2C=CC1. The lowest BCUT2D eigenvalue weighted by molar-refractivity contribution is 0.626. The van der Waals surface area contributed by atoms with Crippen LogP contribution in [0.4, 0.5) is 0 Å². The minimum absolute atomic E-state index is 0.952. The molecule has 2 heteroatoms. The average molecular weight is 163 g/mol. The number of fused-ring (bicyclic) bond motifs is 1. The van der Waals surface area contributed by atoms with Gasteiger partial charge in [0.25, 0.3) is 0 Å². The summed E-state index contributed by atoms with van der Waals surface area (Å²) in [5.74, 6) is 0. The number of nitrogens with zero attached hydrogens (tertiary/aromatic N) is 1. The third kappa shape index (κ3) is 1.14. The molecule has 0 fully saturated rings. The van der Waals surface area contributed by atoms with E-state index >= 15 is 0 Å². The molecule has 2 aliphatic rings. The molecule has 0 atom stereocenters. The normalized spacial score (nSPS) is 21.0. The monoisotopic (exact) mass is 163 g/mol. The molecule has 0 saturated carbocycles. The van der Waals surface area contributed by atoms with Crippen molar-refractivity contribution in [2.75, 3.05) is 0 Å². The third-order valence-electron chi connectivity index (χ3n) is 1.76. The Labute approximate surface area is 71.8 Å². The van der Waals surface area contributed by atoms with Crippen molar-refractivity contribution in [3.05, 3.63) is 47.3 Å². The van der Waals surface area contributed by atoms with Crippen LogP contribution >= 0.6 is 12.6 Å². The summed E-state index contributed by atoms with van der Waals surface area (Å²) in [7, 11) is 0. The summed E-state index contributed by atoms with van der Waals surface area (Å²) in [5, 5.41) is 0. The van der Waals surface area contributed by atoms with Crippen molar-refractivity contribution in [3.63, 3.8) is 0 Å². The molecular formula is C9H9NS. The highest BCUT2D eigenvalue weighted by Crippen LogP contribution is 2.25. The molecule has 0 amide bonds. The Morgan fingerprint density at radius 2 is 2.18 bits per heavy atom. The molecule has 0 saturated heterocycles. The van der Waals surface area contributed by atoms with E-state index in [1.54, 1.807) is 0 Å². The first-order chi connectivity index (χ1) is 5.38. The summed E-state index contributed by atoms with van der Waals surface area (Å²) in [4.78, 5) is 3.21. The van der Waals surface area contributed by atoms with Gasteiger partial charge in [0, 0.05) is 17.3 Å². The van der Waals surface area contributed by atoms with Crippen LogP contribution in [0.1, 0.15) is 6.42 Å². The smallest absolute Gasteiger partial charge is 0.0544 e. The fraction of sp³-hybridized carbons (Fsp3) is 0.111. The summed E-state index contributed by atoms with van der Waals surface area (Å²) in [5.41, 5.74) is 1.19. The van der Waals surface area contributed by atoms with E-state index < -0.39 is 0 Å². The predicted molar refractivity (Wildman–Crippen MR) is 49.9 cm³/mol. The van der Waals surface area contributed by atoms with Crippen molar-refractivity contribution in [2.45, 2.75) is 6.42 Å². The molecule has 11 heavy (non-hydrogen) atoms. The van der Waals surface area contributed by atoms with Crippen LogP contribution in [0.15, 0.2) is 47.3 Å². The summed E-state index contributed by atoms with van der Waals surface area (Å²) in [6.07, 6.45) is 13.3. The van der Waals surface area contributed by atoms with Crippen LogP contribution in [-0.4, -0.2) is 4.90 Å². The highest BCUT2D eigenvalue weighted by molar-refractivity contribution is 7.84. The van der Waals surface area contributed by atoms with Crippen LogP contribution in [0.25, 0.3) is 0 Å². The Kier molecular flexibility index (Phi) is 1.62. The first kappa shape index (κ1) is 6.80. The summed E-state index contributed by atoms with van der Waals surface area (Å²) in [6.45, 7) is 0. The molecular weight excluding hydrogens is 154 g/mol. The fourth-order valence-electron chi connectivity index (χ4n) is 1.21. The molecule has 0 N–H and O–H groups in total. The van der Waals surface area contributed by atoms with Gasteiger partial charge in [-0.2, -0.15) is 0 Å². The van der Waals surface area contributed by atoms with Gasteiger partial charge in [0.1, 0.15) is 0 Å². The molecule has 0 aliphatic carbocycles. The quantitative estimate of drug-likeness (QED) is 0.537. The molecule has 2 aliphatic heterocycles. The molecule has 0 unspecified atom stereocenters. The number of allylic oxidation sites excluding steroid dienone is 5. The van der Waals surface area contributed by atoms with E-state index in [9.17, 15) is 0 Å². The second kappa shape index (κ2) is 2.62. The fourth-order valence-corrected chi connectivity index (χ4v) is 1.51. The van der Waals surface area contributed by atoms with Crippen molar-refractivity contribution in [1.82, 2.24) is 4.90 Å². The van der Waals surface area contributed by atoms with Crippen LogP contribution in [-0.2, 0) is 0 Å². The Balaban J connectivity index is 2.40. The second-order valence-electron chi connectivity index (χ2n) is 2.53. The zero-order valence-electron chi connectivity index (χ0n) is 6.07. The van der Waals surface area contributed by atoms with Crippen LogP contribution in [0.5, 0.6) is 0 Å². The molecule has 0 bridgehead atoms. The highest BCUT2D eigenvalue weighted by Gasteiger charge is 2.10. The largest absolute Gasteiger partial charge is 0.323 e. The standard InChI is InChI=1S/C9H9NS/c11-9-5-3-7-10-6-2-1-4-8(9)10/h1-4,6-7,11H,5H2. The van der Waals surface area contributed by atoms with E-state index in [2.05, 4.69) is 35.9 Å². The molecule has 1 nitrogen and oxygen atoms in total. The molecule has 0 radical (unpaired) electrons. The minimum atomic E-state index is 0.952. The maximum absolute atomic E-state index is 4.39. The first-order valence-electron chi connectivity index (χ1n) is 3.60. The number of rotatable bonds is 0. The van der Waals surface area contributed by atoms with Crippen LogP contribution in [0.2, 0.25) is 0 Å². The number of thiol groups is 1. The maximum Gasteiger partial charge on any atom is 0.0544 e. The Bertz CT molecular complexity index is 284. The second-order valence-corrected chi connectivity index (χ2v) is 3.07. The van der Waals surface area contributed by atoms with E-state index in [4.69, 9.17) is 0 Å². The van der Waals surface area contributed by atoms with Gasteiger partial charge in [-0.15, -0.1) is 12.6 Å². The van der Waals surface area contributed by atoms with Gasteiger partial charge >= 0.3 is 0 Å². The van der Waals surface area contributed by atoms with Crippen molar-refractivity contribution in [3.8, 4) is 0 Å². The summed E-state index contributed by atoms with van der Waals surface area (Å²) >= 11 is 4.39. The highest BCUT2D eigenvalue weighted by atomic mass is 32.1. The van der Waals surface area contributed by atoms with Crippen molar-refractivity contribution in [1.29, 1.82) is 0 Å². The van der Waals surface area contributed by atoms with Crippen molar-refractivity contribution in [2.24, 2.45) is 0 Å². The molecule has 0 aromatic rings. The van der Waals surface area contributed by atoms with Crippen molar-refractivity contribution >= 4 is 12.6 Å². The van der Waals surface area contributed by atoms with Gasteiger partial charge in [0.15, 0.2) is 0 Å². The average Bonchev–Trinajstić information content (AvgIpc) is 2.06. The molecule has 2 rings (SSSR count). The van der Waals surface area contributed by atoms with Crippen LogP contribution in [0.3, 0.4) is 0 Å². The predicted octanol–water partition coefficient (Wildman–Crippen LogP) is 2.43. The summed E-state index contributed by atoms with van der Waals surface area (Å²) < 4.78 is 0. The van der Waals surface area contributed by atoms with Crippen LogP contribution in [0, 0.1) is 0 Å². The molecule has 0 aromatic heterocycles. The lowest BCUT2D eigenvalue weighted by Gasteiger charge is -2.24. The van der Waals surface area contributed by atoms with E-state index in [-0.39, 0.29) is 0 Å². The minimum Gasteiger partial charge on any atom is -0.323 e. The van der Waals surface area contributed by atoms with Gasteiger partial charge in [-0.25, -0.2) is 0 Å². The van der Waals surface area contributed by atoms with E-state index in [0.29, 0.717) is 0 Å². The van der Waals surface area contributed by atoms with Crippen LogP contribution < -0.4 is 0 Å². The Morgan fingerprint density at radius 3 is 3.00 bits per heavy atom. The van der Waals surface area contributed by atoms with E-state index in [1.165, 1.54) is 5.70 Å². The van der Waals surface area contributed by atoms with Gasteiger partial charge in [0.2, 0.25) is 0 Å². The zero-order chi connectivity index (χ0) is 7.68. The Morgan fingerprint density at radius 1 is 1.27 bits per heavy atom. The number of hydrogen-bond donors (Lipinski definition) is 1. The van der Waals surface area contributed by atoms with E-state index in [1.807, 2.05) is 18.4 Å². The van der Waals surface area contributed by atoms with Gasteiger partial charge in [-0.3, -0.25) is 0 Å². The molecule has 56 valence electrons. The maximum atomic E-state index is 4.39. The van der Waals surface area contributed by atoms with Gasteiger partial charge in [-0.05, 0) is 18.6 Å². The molecule has 0 aromatic carbocycles. The lowest BCUT2D eigenvalue weighted by Crippen LogP contribution is -2.13. The van der Waals surface area contributed by atoms with Gasteiger partial charge in [-0.1, -0.05) is 12.2 Å². The third-order valence-corrected chi connectivity index (χ3v) is 2.17. The molecule has 0 spiro atoms. The zero-order valence-corrected chi connectivity index (χ0v) is 6.96. The Hall–Kier alpha value is -0.890. The topological polar surface area (TPSA) is 3.24 Å². The van der Waals surface area contributed by atoms with Gasteiger partial charge in [0.05, 0.1) is 5.70 Å². The van der Waals surface area contributed by atoms with Gasteiger partial charge < -0.3 is 4.90 Å². The number of hydrogen-bond acceptors (Lipinski definition) is 2.